The molecule has 2 aliphatic heterocycles. The third kappa shape index (κ3) is 5.25. The normalized spacial score (nSPS) is 32.1. The zero-order valence-electron chi connectivity index (χ0n) is 18.6. The molecule has 0 aromatic heterocycles. The molecule has 3 aliphatic rings. The van der Waals surface area contributed by atoms with E-state index >= 15 is 0 Å². The number of nitrogens with zero attached hydrogens (tertiary/aromatic N) is 2. The maximum Gasteiger partial charge on any atom is 0.411 e. The Bertz CT molecular complexity index is 647. The standard InChI is InChI=1S/C22H36N2O6/c1-14-7-9-15(10-8-14)24(19(25)18-6-5-11-29-18)16-12-17(20(26)27)23(13-16)21(28)30-22(2,3)4/h14-18H,5-13H2,1-4H3,(H,26,27)/t14?,15?,16-,17-,18-/m0/s1. The van der Waals surface area contributed by atoms with Crippen LogP contribution >= 0.6 is 0 Å². The summed E-state index contributed by atoms with van der Waals surface area (Å²) >= 11 is 0. The molecule has 0 radical (unpaired) electrons. The first-order chi connectivity index (χ1) is 14.1. The highest BCUT2D eigenvalue weighted by Crippen LogP contribution is 2.34. The Hall–Kier alpha value is -1.83. The highest BCUT2D eigenvalue weighted by molar-refractivity contribution is 5.84. The first-order valence-corrected chi connectivity index (χ1v) is 11.2. The monoisotopic (exact) mass is 424 g/mol. The summed E-state index contributed by atoms with van der Waals surface area (Å²) in [6, 6.07) is -1.27. The highest BCUT2D eigenvalue weighted by atomic mass is 16.6. The third-order valence-corrected chi connectivity index (χ3v) is 6.42. The van der Waals surface area contributed by atoms with Gasteiger partial charge in [-0.05, 0) is 65.2 Å². The molecule has 0 bridgehead atoms. The van der Waals surface area contributed by atoms with Gasteiger partial charge < -0.3 is 19.5 Å². The van der Waals surface area contributed by atoms with Crippen molar-refractivity contribution in [3.63, 3.8) is 0 Å². The van der Waals surface area contributed by atoms with E-state index in [0.717, 1.165) is 32.1 Å². The molecule has 170 valence electrons. The Morgan fingerprint density at radius 1 is 1.07 bits per heavy atom. The van der Waals surface area contributed by atoms with Crippen molar-refractivity contribution in [1.29, 1.82) is 0 Å². The Morgan fingerprint density at radius 3 is 2.27 bits per heavy atom. The molecule has 0 unspecified atom stereocenters. The number of hydrogen-bond acceptors (Lipinski definition) is 5. The number of hydrogen-bond donors (Lipinski definition) is 1. The summed E-state index contributed by atoms with van der Waals surface area (Å²) in [6.45, 7) is 8.25. The van der Waals surface area contributed by atoms with Gasteiger partial charge in [-0.1, -0.05) is 6.92 Å². The lowest BCUT2D eigenvalue weighted by molar-refractivity contribution is -0.147. The fourth-order valence-corrected chi connectivity index (χ4v) is 4.89. The molecule has 30 heavy (non-hydrogen) atoms. The molecule has 1 aliphatic carbocycles. The van der Waals surface area contributed by atoms with Crippen LogP contribution in [0, 0.1) is 5.92 Å². The summed E-state index contributed by atoms with van der Waals surface area (Å²) in [4.78, 5) is 41.2. The summed E-state index contributed by atoms with van der Waals surface area (Å²) < 4.78 is 11.1. The average molecular weight is 425 g/mol. The van der Waals surface area contributed by atoms with Crippen molar-refractivity contribution >= 4 is 18.0 Å². The van der Waals surface area contributed by atoms with Crippen molar-refractivity contribution < 1.29 is 29.0 Å². The second-order valence-electron chi connectivity index (χ2n) is 10.0. The van der Waals surface area contributed by atoms with Crippen LogP contribution in [-0.2, 0) is 19.1 Å². The van der Waals surface area contributed by atoms with E-state index in [9.17, 15) is 19.5 Å². The van der Waals surface area contributed by atoms with Crippen LogP contribution in [0.1, 0.15) is 72.6 Å². The van der Waals surface area contributed by atoms with Gasteiger partial charge >= 0.3 is 12.1 Å². The fourth-order valence-electron chi connectivity index (χ4n) is 4.89. The minimum absolute atomic E-state index is 0.0489. The van der Waals surface area contributed by atoms with Crippen molar-refractivity contribution in [3.05, 3.63) is 0 Å². The predicted octanol–water partition coefficient (Wildman–Crippen LogP) is 3.04. The van der Waals surface area contributed by atoms with E-state index in [1.54, 1.807) is 20.8 Å². The Morgan fingerprint density at radius 2 is 1.73 bits per heavy atom. The van der Waals surface area contributed by atoms with Crippen LogP contribution in [0.4, 0.5) is 4.79 Å². The van der Waals surface area contributed by atoms with Crippen molar-refractivity contribution in [2.45, 2.75) is 102 Å². The first kappa shape index (κ1) is 22.8. The minimum atomic E-state index is -1.06. The van der Waals surface area contributed by atoms with E-state index < -0.39 is 29.8 Å². The molecule has 8 nitrogen and oxygen atoms in total. The lowest BCUT2D eigenvalue weighted by atomic mass is 9.85. The maximum atomic E-state index is 13.4. The van der Waals surface area contributed by atoms with E-state index in [2.05, 4.69) is 6.92 Å². The van der Waals surface area contributed by atoms with Gasteiger partial charge in [0.1, 0.15) is 17.7 Å². The second-order valence-corrected chi connectivity index (χ2v) is 10.0. The lowest BCUT2D eigenvalue weighted by Gasteiger charge is -2.41. The molecule has 3 fully saturated rings. The summed E-state index contributed by atoms with van der Waals surface area (Å²) in [5, 5.41) is 9.75. The van der Waals surface area contributed by atoms with Gasteiger partial charge in [-0.3, -0.25) is 9.69 Å². The smallest absolute Gasteiger partial charge is 0.411 e. The highest BCUT2D eigenvalue weighted by Gasteiger charge is 2.47. The van der Waals surface area contributed by atoms with Crippen molar-refractivity contribution in [2.24, 2.45) is 5.92 Å². The fraction of sp³-hybridized carbons (Fsp3) is 0.864. The second kappa shape index (κ2) is 9.12. The van der Waals surface area contributed by atoms with Crippen molar-refractivity contribution in [3.8, 4) is 0 Å². The van der Waals surface area contributed by atoms with Crippen molar-refractivity contribution in [1.82, 2.24) is 9.80 Å². The molecule has 0 aromatic rings. The summed E-state index contributed by atoms with van der Waals surface area (Å²) in [6.07, 6.45) is 4.58. The zero-order chi connectivity index (χ0) is 22.1. The van der Waals surface area contributed by atoms with Crippen LogP contribution in [-0.4, -0.2) is 75.9 Å². The molecule has 1 N–H and O–H groups in total. The van der Waals surface area contributed by atoms with Gasteiger partial charge in [-0.2, -0.15) is 0 Å². The van der Waals surface area contributed by atoms with Gasteiger partial charge in [0.2, 0.25) is 0 Å². The third-order valence-electron chi connectivity index (χ3n) is 6.42. The summed E-state index contributed by atoms with van der Waals surface area (Å²) in [5.74, 6) is -0.480. The lowest BCUT2D eigenvalue weighted by Crippen LogP contribution is -2.53. The largest absolute Gasteiger partial charge is 0.480 e. The first-order valence-electron chi connectivity index (χ1n) is 11.2. The van der Waals surface area contributed by atoms with Gasteiger partial charge in [-0.15, -0.1) is 0 Å². The van der Waals surface area contributed by atoms with E-state index in [0.29, 0.717) is 18.9 Å². The van der Waals surface area contributed by atoms with Gasteiger partial charge in [-0.25, -0.2) is 9.59 Å². The number of carboxylic acids is 1. The molecular weight excluding hydrogens is 388 g/mol. The Labute approximate surface area is 178 Å². The van der Waals surface area contributed by atoms with Crippen LogP contribution in [0.2, 0.25) is 0 Å². The molecule has 2 amide bonds. The van der Waals surface area contributed by atoms with Crippen molar-refractivity contribution in [2.75, 3.05) is 13.2 Å². The zero-order valence-corrected chi connectivity index (χ0v) is 18.6. The average Bonchev–Trinajstić information content (AvgIpc) is 3.32. The van der Waals surface area contributed by atoms with Gasteiger partial charge in [0.25, 0.3) is 5.91 Å². The Balaban J connectivity index is 1.82. The van der Waals surface area contributed by atoms with Crippen LogP contribution < -0.4 is 0 Å². The molecule has 0 spiro atoms. The number of carbonyl (C=O) groups excluding carboxylic acids is 2. The van der Waals surface area contributed by atoms with Gasteiger partial charge in [0.05, 0.1) is 6.04 Å². The number of carboxylic acid groups (broad SMARTS) is 1. The minimum Gasteiger partial charge on any atom is -0.480 e. The molecule has 0 aromatic carbocycles. The topological polar surface area (TPSA) is 96.4 Å². The SMILES string of the molecule is CC1CCC(N(C(=O)[C@@H]2CCCO2)[C@H]2C[C@@H](C(=O)O)N(C(=O)OC(C)(C)C)C2)CC1. The summed E-state index contributed by atoms with van der Waals surface area (Å²) in [5.41, 5.74) is -0.717. The molecule has 2 heterocycles. The maximum absolute atomic E-state index is 13.4. The molecule has 3 rings (SSSR count). The molecule has 2 saturated heterocycles. The van der Waals surface area contributed by atoms with E-state index in [1.807, 2.05) is 4.90 Å². The number of likely N-dealkylation sites (tertiary alicyclic amines) is 1. The van der Waals surface area contributed by atoms with E-state index in [4.69, 9.17) is 9.47 Å². The predicted molar refractivity (Wildman–Crippen MR) is 110 cm³/mol. The quantitative estimate of drug-likeness (QED) is 0.745. The number of ether oxygens (including phenoxy) is 2. The number of amides is 2. The number of aliphatic carboxylic acids is 1. The Kier molecular flexibility index (Phi) is 6.95. The van der Waals surface area contributed by atoms with Crippen LogP contribution in [0.3, 0.4) is 0 Å². The van der Waals surface area contributed by atoms with Gasteiger partial charge in [0, 0.05) is 25.6 Å². The van der Waals surface area contributed by atoms with E-state index in [1.165, 1.54) is 4.90 Å². The van der Waals surface area contributed by atoms with Crippen LogP contribution in [0.5, 0.6) is 0 Å². The molecular formula is C22H36N2O6. The van der Waals surface area contributed by atoms with Crippen LogP contribution in [0.25, 0.3) is 0 Å². The number of rotatable bonds is 4. The molecule has 8 heteroatoms. The van der Waals surface area contributed by atoms with E-state index in [-0.39, 0.29) is 31.0 Å². The molecule has 1 saturated carbocycles. The van der Waals surface area contributed by atoms with Crippen LogP contribution in [0.15, 0.2) is 0 Å². The van der Waals surface area contributed by atoms with Gasteiger partial charge in [0.15, 0.2) is 0 Å². The summed E-state index contributed by atoms with van der Waals surface area (Å²) in [7, 11) is 0. The molecule has 3 atom stereocenters. The number of carbonyl (C=O) groups is 3.